The molecule has 0 unspecified atom stereocenters. The van der Waals surface area contributed by atoms with Crippen LogP contribution in [0.1, 0.15) is 43.4 Å². The van der Waals surface area contributed by atoms with Crippen molar-refractivity contribution in [2.45, 2.75) is 27.3 Å². The number of nitrogens with zero attached hydrogens (tertiary/aromatic N) is 4. The van der Waals surface area contributed by atoms with Crippen LogP contribution in [0.4, 0.5) is 0 Å². The van der Waals surface area contributed by atoms with E-state index < -0.39 is 5.97 Å². The van der Waals surface area contributed by atoms with Gasteiger partial charge in [0.2, 0.25) is 5.78 Å². The van der Waals surface area contributed by atoms with Gasteiger partial charge in [-0.1, -0.05) is 35.5 Å². The van der Waals surface area contributed by atoms with E-state index in [1.54, 1.807) is 29.9 Å². The lowest BCUT2D eigenvalue weighted by Gasteiger charge is -2.05. The first-order chi connectivity index (χ1) is 14.9. The molecule has 158 valence electrons. The van der Waals surface area contributed by atoms with E-state index in [1.165, 1.54) is 6.20 Å². The highest BCUT2D eigenvalue weighted by molar-refractivity contribution is 6.00. The van der Waals surface area contributed by atoms with Gasteiger partial charge in [-0.15, -0.1) is 0 Å². The minimum absolute atomic E-state index is 0.287. The van der Waals surface area contributed by atoms with Crippen LogP contribution < -0.4 is 0 Å². The predicted octanol–water partition coefficient (Wildman–Crippen LogP) is 3.68. The van der Waals surface area contributed by atoms with Gasteiger partial charge in [-0.2, -0.15) is 5.10 Å². The smallest absolute Gasteiger partial charge is 0.341 e. The van der Waals surface area contributed by atoms with Crippen LogP contribution in [0.25, 0.3) is 5.82 Å². The lowest BCUT2D eigenvalue weighted by molar-refractivity contribution is 0.0474. The third-order valence-corrected chi connectivity index (χ3v) is 4.97. The molecule has 0 radical (unpaired) electrons. The Morgan fingerprint density at radius 2 is 1.87 bits per heavy atom. The van der Waals surface area contributed by atoms with Crippen LogP contribution in [-0.4, -0.2) is 37.9 Å². The number of aromatic nitrogens is 4. The first-order valence-corrected chi connectivity index (χ1v) is 9.81. The number of carbonyl (C=O) groups is 2. The molecule has 0 fully saturated rings. The zero-order valence-corrected chi connectivity index (χ0v) is 17.5. The molecule has 0 bridgehead atoms. The SMILES string of the molecule is Cc1cc(-n2c(C)cc(C(=O)COC(=O)c3cnn(Cc4ccccc4)c3)c2C)no1. The summed E-state index contributed by atoms with van der Waals surface area (Å²) in [6.07, 6.45) is 3.05. The molecule has 3 aromatic heterocycles. The molecule has 0 aliphatic carbocycles. The van der Waals surface area contributed by atoms with Gasteiger partial charge >= 0.3 is 5.97 Å². The Kier molecular flexibility index (Phi) is 5.53. The molecule has 0 N–H and O–H groups in total. The zero-order valence-electron chi connectivity index (χ0n) is 17.5. The average molecular weight is 418 g/mol. The maximum Gasteiger partial charge on any atom is 0.341 e. The van der Waals surface area contributed by atoms with Gasteiger partial charge in [-0.25, -0.2) is 4.79 Å². The number of benzene rings is 1. The lowest BCUT2D eigenvalue weighted by atomic mass is 10.1. The Balaban J connectivity index is 1.41. The maximum atomic E-state index is 12.7. The largest absolute Gasteiger partial charge is 0.454 e. The molecule has 4 rings (SSSR count). The third kappa shape index (κ3) is 4.32. The average Bonchev–Trinajstić information content (AvgIpc) is 3.46. The molecule has 3 heterocycles. The standard InChI is InChI=1S/C23H22N4O4/c1-15-9-20(17(3)27(15)22-10-16(2)31-25-22)21(28)14-30-23(29)19-11-24-26(13-19)12-18-7-5-4-6-8-18/h4-11,13H,12,14H2,1-3H3. The molecule has 0 spiro atoms. The summed E-state index contributed by atoms with van der Waals surface area (Å²) in [6.45, 7) is 5.68. The van der Waals surface area contributed by atoms with Gasteiger partial charge in [0.15, 0.2) is 12.4 Å². The van der Waals surface area contributed by atoms with Crippen molar-refractivity contribution in [2.24, 2.45) is 0 Å². The summed E-state index contributed by atoms with van der Waals surface area (Å²) in [5.74, 6) is 0.407. The molecule has 1 aromatic carbocycles. The van der Waals surface area contributed by atoms with Crippen LogP contribution in [0.5, 0.6) is 0 Å². The number of Topliss-reactive ketones (excluding diaryl/α,β-unsaturated/α-hetero) is 1. The van der Waals surface area contributed by atoms with Crippen LogP contribution >= 0.6 is 0 Å². The van der Waals surface area contributed by atoms with E-state index in [9.17, 15) is 9.59 Å². The monoisotopic (exact) mass is 418 g/mol. The quantitative estimate of drug-likeness (QED) is 0.336. The molecule has 4 aromatic rings. The summed E-state index contributed by atoms with van der Waals surface area (Å²) in [6, 6.07) is 13.3. The number of hydrogen-bond acceptors (Lipinski definition) is 6. The number of ether oxygens (including phenoxy) is 1. The van der Waals surface area contributed by atoms with Crippen LogP contribution in [0.2, 0.25) is 0 Å². The molecule has 0 atom stereocenters. The molecule has 0 amide bonds. The van der Waals surface area contributed by atoms with Gasteiger partial charge in [0.25, 0.3) is 0 Å². The second-order valence-electron chi connectivity index (χ2n) is 7.33. The number of hydrogen-bond donors (Lipinski definition) is 0. The number of carbonyl (C=O) groups excluding carboxylic acids is 2. The van der Waals surface area contributed by atoms with Crippen molar-refractivity contribution in [3.05, 3.63) is 88.7 Å². The van der Waals surface area contributed by atoms with Gasteiger partial charge in [-0.3, -0.25) is 14.0 Å². The summed E-state index contributed by atoms with van der Waals surface area (Å²) < 4.78 is 13.9. The molecule has 0 aliphatic heterocycles. The molecule has 0 saturated heterocycles. The normalized spacial score (nSPS) is 10.9. The molecular weight excluding hydrogens is 396 g/mol. The first kappa shape index (κ1) is 20.3. The van der Waals surface area contributed by atoms with Gasteiger partial charge in [0, 0.05) is 29.2 Å². The molecule has 0 saturated carbocycles. The van der Waals surface area contributed by atoms with Crippen LogP contribution in [0, 0.1) is 20.8 Å². The molecule has 31 heavy (non-hydrogen) atoms. The Morgan fingerprint density at radius 1 is 1.10 bits per heavy atom. The number of rotatable bonds is 7. The van der Waals surface area contributed by atoms with Crippen molar-refractivity contribution >= 4 is 11.8 Å². The highest BCUT2D eigenvalue weighted by Crippen LogP contribution is 2.21. The summed E-state index contributed by atoms with van der Waals surface area (Å²) in [5, 5.41) is 8.20. The van der Waals surface area contributed by atoms with Crippen molar-refractivity contribution in [3.8, 4) is 5.82 Å². The fraction of sp³-hybridized carbons (Fsp3) is 0.217. The van der Waals surface area contributed by atoms with Crippen LogP contribution in [0.3, 0.4) is 0 Å². The summed E-state index contributed by atoms with van der Waals surface area (Å²) in [7, 11) is 0. The van der Waals surface area contributed by atoms with E-state index in [-0.39, 0.29) is 12.4 Å². The maximum absolute atomic E-state index is 12.7. The second-order valence-corrected chi connectivity index (χ2v) is 7.33. The fourth-order valence-corrected chi connectivity index (χ4v) is 3.47. The van der Waals surface area contributed by atoms with Crippen LogP contribution in [0.15, 0.2) is 59.4 Å². The number of esters is 1. The Morgan fingerprint density at radius 3 is 2.58 bits per heavy atom. The van der Waals surface area contributed by atoms with E-state index >= 15 is 0 Å². The van der Waals surface area contributed by atoms with Crippen molar-refractivity contribution in [1.82, 2.24) is 19.5 Å². The molecule has 8 nitrogen and oxygen atoms in total. The summed E-state index contributed by atoms with van der Waals surface area (Å²) in [5.41, 5.74) is 3.39. The predicted molar refractivity (Wildman–Crippen MR) is 112 cm³/mol. The van der Waals surface area contributed by atoms with Crippen LogP contribution in [-0.2, 0) is 11.3 Å². The first-order valence-electron chi connectivity index (χ1n) is 9.81. The summed E-state index contributed by atoms with van der Waals surface area (Å²) in [4.78, 5) is 25.1. The van der Waals surface area contributed by atoms with E-state index in [0.717, 1.165) is 11.3 Å². The van der Waals surface area contributed by atoms with Crippen molar-refractivity contribution in [3.63, 3.8) is 0 Å². The Bertz CT molecular complexity index is 1230. The highest BCUT2D eigenvalue weighted by Gasteiger charge is 2.20. The van der Waals surface area contributed by atoms with Crippen molar-refractivity contribution < 1.29 is 18.8 Å². The van der Waals surface area contributed by atoms with Crippen molar-refractivity contribution in [1.29, 1.82) is 0 Å². The fourth-order valence-electron chi connectivity index (χ4n) is 3.47. The highest BCUT2D eigenvalue weighted by atomic mass is 16.5. The Labute approximate surface area is 179 Å². The van der Waals surface area contributed by atoms with E-state index in [4.69, 9.17) is 9.26 Å². The minimum atomic E-state index is -0.589. The van der Waals surface area contributed by atoms with Crippen molar-refractivity contribution in [2.75, 3.05) is 6.61 Å². The van der Waals surface area contributed by atoms with E-state index in [2.05, 4.69) is 10.3 Å². The number of ketones is 1. The second kappa shape index (κ2) is 8.43. The van der Waals surface area contributed by atoms with E-state index in [1.807, 2.05) is 48.7 Å². The topological polar surface area (TPSA) is 92.2 Å². The summed E-state index contributed by atoms with van der Waals surface area (Å²) >= 11 is 0. The molecule has 0 aliphatic rings. The Hall–Kier alpha value is -3.94. The third-order valence-electron chi connectivity index (χ3n) is 4.97. The van der Waals surface area contributed by atoms with Gasteiger partial charge in [-0.05, 0) is 32.4 Å². The van der Waals surface area contributed by atoms with Gasteiger partial charge in [0.1, 0.15) is 5.76 Å². The molecule has 8 heteroatoms. The minimum Gasteiger partial charge on any atom is -0.454 e. The zero-order chi connectivity index (χ0) is 22.0. The number of aryl methyl sites for hydroxylation is 2. The lowest BCUT2D eigenvalue weighted by Crippen LogP contribution is -2.14. The van der Waals surface area contributed by atoms with Gasteiger partial charge in [0.05, 0.1) is 18.3 Å². The van der Waals surface area contributed by atoms with E-state index in [0.29, 0.717) is 34.9 Å². The molecular formula is C23H22N4O4. The van der Waals surface area contributed by atoms with Gasteiger partial charge < -0.3 is 9.26 Å².